The average molecular weight is 399 g/mol. The summed E-state index contributed by atoms with van der Waals surface area (Å²) in [6.07, 6.45) is 8.06. The molecule has 2 aromatic rings. The lowest BCUT2D eigenvalue weighted by Crippen LogP contribution is -2.43. The second kappa shape index (κ2) is 8.36. The van der Waals surface area contributed by atoms with Crippen LogP contribution in [0.5, 0.6) is 0 Å². The molecule has 0 saturated carbocycles. The molecule has 0 aromatic carbocycles. The summed E-state index contributed by atoms with van der Waals surface area (Å²) in [6, 6.07) is 1.78. The van der Waals surface area contributed by atoms with E-state index in [0.29, 0.717) is 24.7 Å². The van der Waals surface area contributed by atoms with Crippen LogP contribution in [-0.4, -0.2) is 57.0 Å². The molecule has 2 saturated heterocycles. The topological polar surface area (TPSA) is 97.2 Å². The van der Waals surface area contributed by atoms with E-state index in [-0.39, 0.29) is 24.1 Å². The van der Waals surface area contributed by atoms with Crippen molar-refractivity contribution in [1.29, 1.82) is 0 Å². The number of aryl methyl sites for hydroxylation is 1. The Balaban J connectivity index is 1.41. The molecule has 29 heavy (non-hydrogen) atoms. The predicted octanol–water partition coefficient (Wildman–Crippen LogP) is 2.04. The van der Waals surface area contributed by atoms with E-state index < -0.39 is 0 Å². The second-order valence-corrected chi connectivity index (χ2v) is 8.11. The molecule has 9 heteroatoms. The van der Waals surface area contributed by atoms with Crippen LogP contribution in [-0.2, 0) is 16.6 Å². The highest BCUT2D eigenvalue weighted by Gasteiger charge is 2.33. The van der Waals surface area contributed by atoms with Crippen molar-refractivity contribution in [3.05, 3.63) is 24.8 Å². The molecule has 9 nitrogen and oxygen atoms in total. The number of nitrogens with one attached hydrogen (secondary N) is 2. The fraction of sp³-hybridized carbons (Fsp3) is 0.600. The van der Waals surface area contributed by atoms with Gasteiger partial charge in [0, 0.05) is 32.5 Å². The molecule has 0 bridgehead atoms. The number of amides is 1. The molecule has 4 heterocycles. The van der Waals surface area contributed by atoms with Gasteiger partial charge in [-0.05, 0) is 25.2 Å². The fourth-order valence-corrected chi connectivity index (χ4v) is 4.12. The number of hydrogen-bond donors (Lipinski definition) is 2. The van der Waals surface area contributed by atoms with Crippen LogP contribution >= 0.6 is 0 Å². The second-order valence-electron chi connectivity index (χ2n) is 8.11. The monoisotopic (exact) mass is 399 g/mol. The van der Waals surface area contributed by atoms with Gasteiger partial charge in [-0.3, -0.25) is 9.48 Å². The maximum Gasteiger partial charge on any atom is 0.249 e. The third-order valence-corrected chi connectivity index (χ3v) is 5.55. The van der Waals surface area contributed by atoms with Gasteiger partial charge >= 0.3 is 0 Å². The van der Waals surface area contributed by atoms with E-state index >= 15 is 0 Å². The Labute approximate surface area is 170 Å². The Bertz CT molecular complexity index is 853. The van der Waals surface area contributed by atoms with Crippen LogP contribution in [0.3, 0.4) is 0 Å². The number of rotatable bonds is 6. The molecule has 0 spiro atoms. The third-order valence-electron chi connectivity index (χ3n) is 5.55. The Morgan fingerprint density at radius 2 is 2.00 bits per heavy atom. The number of nitrogens with zero attached hydrogens (tertiary/aromatic N) is 5. The van der Waals surface area contributed by atoms with Gasteiger partial charge in [-0.1, -0.05) is 13.8 Å². The van der Waals surface area contributed by atoms with E-state index in [4.69, 9.17) is 4.74 Å². The first-order valence-electron chi connectivity index (χ1n) is 10.3. The average Bonchev–Trinajstić information content (AvgIpc) is 3.28. The van der Waals surface area contributed by atoms with Gasteiger partial charge in [-0.2, -0.15) is 5.10 Å². The smallest absolute Gasteiger partial charge is 0.249 e. The Kier molecular flexibility index (Phi) is 5.66. The minimum absolute atomic E-state index is 0.0340. The molecule has 1 amide bonds. The molecule has 3 unspecified atom stereocenters. The number of carbonyl (C=O) groups is 1. The van der Waals surface area contributed by atoms with Gasteiger partial charge in [0.15, 0.2) is 0 Å². The largest absolute Gasteiger partial charge is 0.376 e. The standard InChI is InChI=1S/C20H29N7O2/c1-13(2)19-15(5-4-8-29-19)24-17-9-18(22-12-21-17)25-16-6-7-27(20(16)28)14-10-23-26(3)11-14/h9-13,15-16,19H,4-8H2,1-3H3,(H2,21,22,24,25). The summed E-state index contributed by atoms with van der Waals surface area (Å²) in [6.45, 7) is 5.83. The quantitative estimate of drug-likeness (QED) is 0.767. The lowest BCUT2D eigenvalue weighted by Gasteiger charge is -2.35. The van der Waals surface area contributed by atoms with Gasteiger partial charge in [-0.15, -0.1) is 0 Å². The summed E-state index contributed by atoms with van der Waals surface area (Å²) >= 11 is 0. The van der Waals surface area contributed by atoms with Crippen molar-refractivity contribution in [3.8, 4) is 0 Å². The zero-order valence-corrected chi connectivity index (χ0v) is 17.2. The van der Waals surface area contributed by atoms with Crippen molar-refractivity contribution < 1.29 is 9.53 Å². The highest BCUT2D eigenvalue weighted by Crippen LogP contribution is 2.25. The molecule has 2 aliphatic rings. The van der Waals surface area contributed by atoms with Crippen LogP contribution in [0.2, 0.25) is 0 Å². The Morgan fingerprint density at radius 3 is 2.72 bits per heavy atom. The van der Waals surface area contributed by atoms with E-state index in [1.165, 1.54) is 6.33 Å². The number of carbonyl (C=O) groups excluding carboxylic acids is 1. The maximum atomic E-state index is 12.8. The van der Waals surface area contributed by atoms with E-state index in [0.717, 1.165) is 31.0 Å². The molecule has 2 aromatic heterocycles. The van der Waals surface area contributed by atoms with Crippen LogP contribution in [0.25, 0.3) is 0 Å². The van der Waals surface area contributed by atoms with E-state index in [2.05, 4.69) is 39.5 Å². The highest BCUT2D eigenvalue weighted by molar-refractivity contribution is 6.00. The normalized spacial score (nSPS) is 24.9. The van der Waals surface area contributed by atoms with Gasteiger partial charge in [0.1, 0.15) is 24.0 Å². The van der Waals surface area contributed by atoms with Crippen molar-refractivity contribution in [2.24, 2.45) is 13.0 Å². The van der Waals surface area contributed by atoms with Gasteiger partial charge < -0.3 is 20.3 Å². The molecule has 3 atom stereocenters. The first kappa shape index (κ1) is 19.6. The van der Waals surface area contributed by atoms with Crippen molar-refractivity contribution in [2.75, 3.05) is 28.7 Å². The first-order valence-corrected chi connectivity index (χ1v) is 10.3. The zero-order chi connectivity index (χ0) is 20.4. The fourth-order valence-electron chi connectivity index (χ4n) is 4.12. The third kappa shape index (κ3) is 4.34. The Hall–Kier alpha value is -2.68. The summed E-state index contributed by atoms with van der Waals surface area (Å²) in [5.41, 5.74) is 0.823. The van der Waals surface area contributed by atoms with Gasteiger partial charge in [0.2, 0.25) is 5.91 Å². The van der Waals surface area contributed by atoms with Crippen LogP contribution in [0.4, 0.5) is 17.3 Å². The van der Waals surface area contributed by atoms with Gasteiger partial charge in [0.05, 0.1) is 24.0 Å². The van der Waals surface area contributed by atoms with Crippen molar-refractivity contribution >= 4 is 23.2 Å². The van der Waals surface area contributed by atoms with Crippen LogP contribution in [0, 0.1) is 5.92 Å². The summed E-state index contributed by atoms with van der Waals surface area (Å²) in [4.78, 5) is 23.2. The summed E-state index contributed by atoms with van der Waals surface area (Å²) < 4.78 is 7.65. The van der Waals surface area contributed by atoms with Crippen molar-refractivity contribution in [2.45, 2.75) is 51.3 Å². The lowest BCUT2D eigenvalue weighted by atomic mass is 9.94. The van der Waals surface area contributed by atoms with E-state index in [1.807, 2.05) is 19.3 Å². The molecule has 2 fully saturated rings. The number of ether oxygens (including phenoxy) is 1. The first-order chi connectivity index (χ1) is 14.0. The molecule has 2 aliphatic heterocycles. The van der Waals surface area contributed by atoms with E-state index in [9.17, 15) is 4.79 Å². The van der Waals surface area contributed by atoms with Gasteiger partial charge in [0.25, 0.3) is 0 Å². The highest BCUT2D eigenvalue weighted by atomic mass is 16.5. The van der Waals surface area contributed by atoms with Crippen LogP contribution in [0.15, 0.2) is 24.8 Å². The number of aromatic nitrogens is 4. The maximum absolute atomic E-state index is 12.8. The lowest BCUT2D eigenvalue weighted by molar-refractivity contribution is -0.117. The van der Waals surface area contributed by atoms with Crippen molar-refractivity contribution in [1.82, 2.24) is 19.7 Å². The van der Waals surface area contributed by atoms with Crippen molar-refractivity contribution in [3.63, 3.8) is 0 Å². The summed E-state index contributed by atoms with van der Waals surface area (Å²) in [5.74, 6) is 1.86. The van der Waals surface area contributed by atoms with Gasteiger partial charge in [-0.25, -0.2) is 9.97 Å². The number of hydrogen-bond acceptors (Lipinski definition) is 7. The molecule has 2 N–H and O–H groups in total. The minimum Gasteiger partial charge on any atom is -0.376 e. The molecular formula is C20H29N7O2. The zero-order valence-electron chi connectivity index (χ0n) is 17.2. The molecule has 0 radical (unpaired) electrons. The minimum atomic E-state index is -0.306. The predicted molar refractivity (Wildman–Crippen MR) is 111 cm³/mol. The molecule has 4 rings (SSSR count). The summed E-state index contributed by atoms with van der Waals surface area (Å²) in [7, 11) is 1.84. The summed E-state index contributed by atoms with van der Waals surface area (Å²) in [5, 5.41) is 10.9. The van der Waals surface area contributed by atoms with E-state index in [1.54, 1.807) is 15.8 Å². The number of anilines is 3. The molecular weight excluding hydrogens is 370 g/mol. The van der Waals surface area contributed by atoms with Crippen LogP contribution in [0.1, 0.15) is 33.1 Å². The molecule has 0 aliphatic carbocycles. The Morgan fingerprint density at radius 1 is 1.21 bits per heavy atom. The van der Waals surface area contributed by atoms with Crippen LogP contribution < -0.4 is 15.5 Å². The molecule has 156 valence electrons. The SMILES string of the molecule is CC(C)C1OCCCC1Nc1cc(NC2CCN(c3cnn(C)c3)C2=O)ncn1.